The third kappa shape index (κ3) is 2.24. The van der Waals surface area contributed by atoms with Gasteiger partial charge in [0.2, 0.25) is 0 Å². The van der Waals surface area contributed by atoms with Gasteiger partial charge in [-0.15, -0.1) is 0 Å². The molecule has 1 N–H and O–H groups in total. The van der Waals surface area contributed by atoms with Crippen molar-refractivity contribution in [2.45, 2.75) is 13.5 Å². The van der Waals surface area contributed by atoms with Crippen LogP contribution in [0.15, 0.2) is 36.5 Å². The topological polar surface area (TPSA) is 17.0 Å². The Kier molecular flexibility index (Phi) is 2.95. The summed E-state index contributed by atoms with van der Waals surface area (Å²) in [7, 11) is 1.98. The second-order valence-electron chi connectivity index (χ2n) is 3.95. The Labute approximate surface area is 94.7 Å². The van der Waals surface area contributed by atoms with Crippen molar-refractivity contribution in [1.29, 1.82) is 0 Å². The number of nitrogens with zero attached hydrogens (tertiary/aromatic N) is 1. The molecule has 0 unspecified atom stereocenters. The molecule has 0 fully saturated rings. The highest BCUT2D eigenvalue weighted by Gasteiger charge is 2.02. The van der Waals surface area contributed by atoms with Gasteiger partial charge in [0.25, 0.3) is 0 Å². The lowest BCUT2D eigenvalue weighted by atomic mass is 10.2. The van der Waals surface area contributed by atoms with Gasteiger partial charge in [0.05, 0.1) is 12.2 Å². The van der Waals surface area contributed by atoms with Gasteiger partial charge in [-0.1, -0.05) is 6.07 Å². The fourth-order valence-corrected chi connectivity index (χ4v) is 1.64. The van der Waals surface area contributed by atoms with E-state index in [0.29, 0.717) is 12.2 Å². The molecule has 2 rings (SSSR count). The molecule has 1 aromatic carbocycles. The normalized spacial score (nSPS) is 10.4. The number of hydrogen-bond acceptors (Lipinski definition) is 1. The first-order valence-electron chi connectivity index (χ1n) is 5.27. The van der Waals surface area contributed by atoms with Gasteiger partial charge in [-0.2, -0.15) is 0 Å². The zero-order valence-corrected chi connectivity index (χ0v) is 9.50. The summed E-state index contributed by atoms with van der Waals surface area (Å²) in [6.07, 6.45) is 1.98. The van der Waals surface area contributed by atoms with Gasteiger partial charge >= 0.3 is 0 Å². The molecule has 2 aromatic rings. The molecular weight excluding hydrogens is 203 g/mol. The van der Waals surface area contributed by atoms with Gasteiger partial charge in [0.1, 0.15) is 5.82 Å². The van der Waals surface area contributed by atoms with Crippen molar-refractivity contribution in [2.24, 2.45) is 7.05 Å². The highest BCUT2D eigenvalue weighted by molar-refractivity contribution is 5.47. The Morgan fingerprint density at radius 2 is 2.12 bits per heavy atom. The minimum absolute atomic E-state index is 0.209. The monoisotopic (exact) mass is 218 g/mol. The smallest absolute Gasteiger partial charge is 0.146 e. The molecule has 2 nitrogen and oxygen atoms in total. The van der Waals surface area contributed by atoms with Crippen LogP contribution >= 0.6 is 0 Å². The van der Waals surface area contributed by atoms with Crippen molar-refractivity contribution in [2.75, 3.05) is 5.32 Å². The molecule has 84 valence electrons. The Balaban J connectivity index is 2.10. The van der Waals surface area contributed by atoms with Gasteiger partial charge in [-0.05, 0) is 36.8 Å². The number of aromatic nitrogens is 1. The van der Waals surface area contributed by atoms with Gasteiger partial charge in [0, 0.05) is 18.9 Å². The minimum atomic E-state index is -0.209. The first kappa shape index (κ1) is 10.7. The first-order valence-corrected chi connectivity index (χ1v) is 5.27. The standard InChI is InChI=1S/C13H15FN2/c1-10-5-6-12(14)13(8-10)15-9-11-4-3-7-16(11)2/h3-8,15H,9H2,1-2H3. The van der Waals surface area contributed by atoms with Crippen LogP contribution in [0.25, 0.3) is 0 Å². The average Bonchev–Trinajstić information content (AvgIpc) is 2.66. The number of nitrogens with one attached hydrogen (secondary N) is 1. The lowest BCUT2D eigenvalue weighted by Crippen LogP contribution is -2.05. The maximum atomic E-state index is 13.4. The molecule has 0 atom stereocenters. The molecule has 0 amide bonds. The van der Waals surface area contributed by atoms with E-state index in [9.17, 15) is 4.39 Å². The first-order chi connectivity index (χ1) is 7.66. The van der Waals surface area contributed by atoms with Crippen molar-refractivity contribution in [3.8, 4) is 0 Å². The summed E-state index contributed by atoms with van der Waals surface area (Å²) in [6.45, 7) is 2.58. The number of hydrogen-bond donors (Lipinski definition) is 1. The largest absolute Gasteiger partial charge is 0.377 e. The fraction of sp³-hybridized carbons (Fsp3) is 0.231. The molecule has 0 bridgehead atoms. The second-order valence-corrected chi connectivity index (χ2v) is 3.95. The van der Waals surface area contributed by atoms with Crippen LogP contribution in [0.3, 0.4) is 0 Å². The highest BCUT2D eigenvalue weighted by Crippen LogP contribution is 2.16. The van der Waals surface area contributed by atoms with Crippen molar-refractivity contribution in [3.63, 3.8) is 0 Å². The summed E-state index contributed by atoms with van der Waals surface area (Å²) in [4.78, 5) is 0. The number of aryl methyl sites for hydroxylation is 2. The number of benzene rings is 1. The summed E-state index contributed by atoms with van der Waals surface area (Å²) in [6, 6.07) is 9.06. The third-order valence-electron chi connectivity index (χ3n) is 2.63. The molecular formula is C13H15FN2. The maximum Gasteiger partial charge on any atom is 0.146 e. The third-order valence-corrected chi connectivity index (χ3v) is 2.63. The Morgan fingerprint density at radius 1 is 1.31 bits per heavy atom. The minimum Gasteiger partial charge on any atom is -0.377 e. The number of anilines is 1. The van der Waals surface area contributed by atoms with Gasteiger partial charge in [-0.3, -0.25) is 0 Å². The lowest BCUT2D eigenvalue weighted by molar-refractivity contribution is 0.629. The molecule has 0 aliphatic rings. The van der Waals surface area contributed by atoms with Crippen LogP contribution in [0.2, 0.25) is 0 Å². The highest BCUT2D eigenvalue weighted by atomic mass is 19.1. The van der Waals surface area contributed by atoms with E-state index in [1.54, 1.807) is 6.07 Å². The van der Waals surface area contributed by atoms with Crippen LogP contribution in [0.5, 0.6) is 0 Å². The molecule has 0 aliphatic heterocycles. The average molecular weight is 218 g/mol. The molecule has 0 spiro atoms. The zero-order chi connectivity index (χ0) is 11.5. The Hall–Kier alpha value is -1.77. The van der Waals surface area contributed by atoms with E-state index in [2.05, 4.69) is 5.32 Å². The van der Waals surface area contributed by atoms with E-state index in [4.69, 9.17) is 0 Å². The molecule has 1 heterocycles. The number of rotatable bonds is 3. The fourth-order valence-electron chi connectivity index (χ4n) is 1.64. The van der Waals surface area contributed by atoms with Gasteiger partial charge in [-0.25, -0.2) is 4.39 Å². The summed E-state index contributed by atoms with van der Waals surface area (Å²) in [5.74, 6) is -0.209. The van der Waals surface area contributed by atoms with E-state index in [1.165, 1.54) is 6.07 Å². The van der Waals surface area contributed by atoms with E-state index in [0.717, 1.165) is 11.3 Å². The van der Waals surface area contributed by atoms with Crippen LogP contribution in [-0.4, -0.2) is 4.57 Å². The molecule has 0 saturated carbocycles. The van der Waals surface area contributed by atoms with E-state index in [-0.39, 0.29) is 5.82 Å². The van der Waals surface area contributed by atoms with Crippen molar-refractivity contribution < 1.29 is 4.39 Å². The molecule has 0 radical (unpaired) electrons. The second kappa shape index (κ2) is 4.39. The van der Waals surface area contributed by atoms with Gasteiger partial charge in [0.15, 0.2) is 0 Å². The summed E-state index contributed by atoms with van der Waals surface area (Å²) >= 11 is 0. The van der Waals surface area contributed by atoms with Crippen molar-refractivity contribution >= 4 is 5.69 Å². The number of halogens is 1. The van der Waals surface area contributed by atoms with Crippen LogP contribution in [0.4, 0.5) is 10.1 Å². The maximum absolute atomic E-state index is 13.4. The summed E-state index contributed by atoms with van der Waals surface area (Å²) in [5.41, 5.74) is 2.73. The zero-order valence-electron chi connectivity index (χ0n) is 9.50. The quantitative estimate of drug-likeness (QED) is 0.837. The Morgan fingerprint density at radius 3 is 2.81 bits per heavy atom. The molecule has 1 aromatic heterocycles. The SMILES string of the molecule is Cc1ccc(F)c(NCc2cccn2C)c1. The van der Waals surface area contributed by atoms with Crippen molar-refractivity contribution in [3.05, 3.63) is 53.6 Å². The predicted octanol–water partition coefficient (Wildman–Crippen LogP) is 3.08. The summed E-state index contributed by atoms with van der Waals surface area (Å²) in [5, 5.41) is 3.10. The van der Waals surface area contributed by atoms with E-state index < -0.39 is 0 Å². The van der Waals surface area contributed by atoms with Crippen molar-refractivity contribution in [1.82, 2.24) is 4.57 Å². The van der Waals surface area contributed by atoms with E-state index in [1.807, 2.05) is 42.9 Å². The Bertz CT molecular complexity index is 488. The van der Waals surface area contributed by atoms with Gasteiger partial charge < -0.3 is 9.88 Å². The van der Waals surface area contributed by atoms with Crippen LogP contribution < -0.4 is 5.32 Å². The molecule has 3 heteroatoms. The molecule has 16 heavy (non-hydrogen) atoms. The lowest BCUT2D eigenvalue weighted by Gasteiger charge is -2.09. The molecule has 0 saturated heterocycles. The van der Waals surface area contributed by atoms with E-state index >= 15 is 0 Å². The molecule has 0 aliphatic carbocycles. The summed E-state index contributed by atoms with van der Waals surface area (Å²) < 4.78 is 15.4. The predicted molar refractivity (Wildman–Crippen MR) is 63.9 cm³/mol. The van der Waals surface area contributed by atoms with Crippen LogP contribution in [0.1, 0.15) is 11.3 Å². The van der Waals surface area contributed by atoms with Crippen LogP contribution in [-0.2, 0) is 13.6 Å². The van der Waals surface area contributed by atoms with Crippen LogP contribution in [0, 0.1) is 12.7 Å².